The van der Waals surface area contributed by atoms with Gasteiger partial charge in [-0.25, -0.2) is 0 Å². The van der Waals surface area contributed by atoms with Crippen molar-refractivity contribution >= 4 is 0 Å². The van der Waals surface area contributed by atoms with E-state index in [1.54, 1.807) is 0 Å². The van der Waals surface area contributed by atoms with E-state index in [4.69, 9.17) is 9.47 Å². The number of hydrogen-bond acceptors (Lipinski definition) is 2. The van der Waals surface area contributed by atoms with Gasteiger partial charge in [-0.15, -0.1) is 0 Å². The van der Waals surface area contributed by atoms with Crippen LogP contribution in [0.2, 0.25) is 0 Å². The molecule has 1 saturated heterocycles. The molecule has 0 N–H and O–H groups in total. The van der Waals surface area contributed by atoms with Crippen LogP contribution >= 0.6 is 0 Å². The number of allylic oxidation sites excluding steroid dienone is 2. The highest BCUT2D eigenvalue weighted by molar-refractivity contribution is 4.96. The molecule has 1 heterocycles. The van der Waals surface area contributed by atoms with Gasteiger partial charge >= 0.3 is 0 Å². The molecule has 1 aliphatic heterocycles. The van der Waals surface area contributed by atoms with Gasteiger partial charge in [0.2, 0.25) is 0 Å². The van der Waals surface area contributed by atoms with Crippen LogP contribution in [0.3, 0.4) is 0 Å². The predicted octanol–water partition coefficient (Wildman–Crippen LogP) is 2.88. The van der Waals surface area contributed by atoms with E-state index in [9.17, 15) is 0 Å². The molecule has 0 aromatic heterocycles. The van der Waals surface area contributed by atoms with Crippen molar-refractivity contribution in [3.63, 3.8) is 0 Å². The molecule has 2 fully saturated rings. The summed E-state index contributed by atoms with van der Waals surface area (Å²) in [5.41, 5.74) is 0. The summed E-state index contributed by atoms with van der Waals surface area (Å²) in [7, 11) is 0. The molecule has 1 saturated carbocycles. The van der Waals surface area contributed by atoms with Crippen molar-refractivity contribution in [3.8, 4) is 0 Å². The van der Waals surface area contributed by atoms with E-state index >= 15 is 0 Å². The average molecular weight is 196 g/mol. The van der Waals surface area contributed by atoms with Crippen LogP contribution in [0.5, 0.6) is 0 Å². The van der Waals surface area contributed by atoms with Crippen molar-refractivity contribution < 1.29 is 9.47 Å². The van der Waals surface area contributed by atoms with Crippen LogP contribution in [0, 0.1) is 5.92 Å². The van der Waals surface area contributed by atoms with Gasteiger partial charge < -0.3 is 9.47 Å². The van der Waals surface area contributed by atoms with Crippen LogP contribution in [0.1, 0.15) is 39.5 Å². The van der Waals surface area contributed by atoms with Crippen LogP contribution in [-0.2, 0) is 9.47 Å². The fourth-order valence-electron chi connectivity index (χ4n) is 1.76. The Bertz CT molecular complexity index is 216. The maximum atomic E-state index is 5.72. The summed E-state index contributed by atoms with van der Waals surface area (Å²) in [4.78, 5) is 0. The quantitative estimate of drug-likeness (QED) is 0.644. The lowest BCUT2D eigenvalue weighted by molar-refractivity contribution is -0.138. The summed E-state index contributed by atoms with van der Waals surface area (Å²) in [5.74, 6) is 0.539. The molecule has 2 heteroatoms. The van der Waals surface area contributed by atoms with Crippen LogP contribution < -0.4 is 0 Å². The van der Waals surface area contributed by atoms with Gasteiger partial charge in [0.25, 0.3) is 0 Å². The van der Waals surface area contributed by atoms with Crippen LogP contribution in [0.15, 0.2) is 12.2 Å². The van der Waals surface area contributed by atoms with Crippen molar-refractivity contribution in [2.75, 3.05) is 6.61 Å². The molecule has 1 unspecified atom stereocenters. The van der Waals surface area contributed by atoms with Crippen molar-refractivity contribution in [1.82, 2.24) is 0 Å². The first-order valence-corrected chi connectivity index (χ1v) is 5.64. The third-order valence-electron chi connectivity index (χ3n) is 2.75. The molecule has 0 amide bonds. The van der Waals surface area contributed by atoms with E-state index in [0.717, 1.165) is 25.4 Å². The van der Waals surface area contributed by atoms with Gasteiger partial charge in [0, 0.05) is 0 Å². The number of ether oxygens (including phenoxy) is 2. The minimum atomic E-state index is -0.356. The zero-order valence-corrected chi connectivity index (χ0v) is 9.16. The lowest BCUT2D eigenvalue weighted by atomic mass is 10.2. The summed E-state index contributed by atoms with van der Waals surface area (Å²) < 4.78 is 11.2. The number of hydrogen-bond donors (Lipinski definition) is 0. The monoisotopic (exact) mass is 196 g/mol. The smallest absolute Gasteiger partial charge is 0.163 e. The van der Waals surface area contributed by atoms with Gasteiger partial charge in [0.05, 0.1) is 12.7 Å². The summed E-state index contributed by atoms with van der Waals surface area (Å²) in [5, 5.41) is 0. The van der Waals surface area contributed by atoms with Crippen molar-refractivity contribution in [2.24, 2.45) is 5.92 Å². The van der Waals surface area contributed by atoms with E-state index in [1.807, 2.05) is 13.8 Å². The van der Waals surface area contributed by atoms with E-state index in [1.165, 1.54) is 12.8 Å². The normalized spacial score (nSPS) is 31.4. The minimum absolute atomic E-state index is 0.300. The highest BCUT2D eigenvalue weighted by Crippen LogP contribution is 2.30. The molecule has 0 radical (unpaired) electrons. The maximum Gasteiger partial charge on any atom is 0.163 e. The average Bonchev–Trinajstić information content (AvgIpc) is 2.86. The second-order valence-electron chi connectivity index (χ2n) is 4.79. The Labute approximate surface area is 86.3 Å². The minimum Gasteiger partial charge on any atom is -0.348 e. The molecule has 1 aliphatic carbocycles. The zero-order valence-electron chi connectivity index (χ0n) is 9.16. The van der Waals surface area contributed by atoms with Gasteiger partial charge in [-0.2, -0.15) is 0 Å². The molecule has 2 nitrogen and oxygen atoms in total. The Hall–Kier alpha value is -0.340. The molecule has 0 aromatic rings. The van der Waals surface area contributed by atoms with E-state index in [2.05, 4.69) is 12.2 Å². The molecule has 80 valence electrons. The fraction of sp³-hybridized carbons (Fsp3) is 0.833. The molecule has 2 rings (SSSR count). The van der Waals surface area contributed by atoms with E-state index in [0.29, 0.717) is 6.10 Å². The van der Waals surface area contributed by atoms with Crippen molar-refractivity contribution in [1.29, 1.82) is 0 Å². The van der Waals surface area contributed by atoms with Crippen molar-refractivity contribution in [2.45, 2.75) is 51.4 Å². The van der Waals surface area contributed by atoms with Gasteiger partial charge in [-0.1, -0.05) is 12.2 Å². The molecule has 0 aromatic carbocycles. The molecular weight excluding hydrogens is 176 g/mol. The molecular formula is C12H20O2. The number of rotatable bonds is 4. The third-order valence-corrected chi connectivity index (χ3v) is 2.75. The molecule has 0 spiro atoms. The Kier molecular flexibility index (Phi) is 2.93. The molecule has 1 atom stereocenters. The lowest BCUT2D eigenvalue weighted by Crippen LogP contribution is -2.21. The first kappa shape index (κ1) is 10.2. The molecule has 14 heavy (non-hydrogen) atoms. The van der Waals surface area contributed by atoms with Crippen LogP contribution in [0.4, 0.5) is 0 Å². The Balaban J connectivity index is 1.61. The van der Waals surface area contributed by atoms with Gasteiger partial charge in [0.15, 0.2) is 5.79 Å². The SMILES string of the molecule is CC1(C)OCC(CC/C=C\C2CC2)O1. The Morgan fingerprint density at radius 1 is 1.36 bits per heavy atom. The zero-order chi connectivity index (χ0) is 10.0. The van der Waals surface area contributed by atoms with Crippen LogP contribution in [0.25, 0.3) is 0 Å². The third kappa shape index (κ3) is 3.10. The van der Waals surface area contributed by atoms with E-state index in [-0.39, 0.29) is 5.79 Å². The predicted molar refractivity (Wildman–Crippen MR) is 56.0 cm³/mol. The topological polar surface area (TPSA) is 18.5 Å². The second kappa shape index (κ2) is 4.03. The highest BCUT2D eigenvalue weighted by Gasteiger charge is 2.31. The van der Waals surface area contributed by atoms with Gasteiger partial charge in [-0.05, 0) is 45.4 Å². The summed E-state index contributed by atoms with van der Waals surface area (Å²) >= 11 is 0. The summed E-state index contributed by atoms with van der Waals surface area (Å²) in [6.07, 6.45) is 9.95. The Morgan fingerprint density at radius 3 is 2.71 bits per heavy atom. The first-order valence-electron chi connectivity index (χ1n) is 5.64. The van der Waals surface area contributed by atoms with Gasteiger partial charge in [0.1, 0.15) is 0 Å². The molecule has 0 bridgehead atoms. The standard InChI is InChI=1S/C12H20O2/c1-12(2)13-9-11(14-12)6-4-3-5-10-7-8-10/h3,5,10-11H,4,6-9H2,1-2H3/b5-3-. The summed E-state index contributed by atoms with van der Waals surface area (Å²) in [6, 6.07) is 0. The van der Waals surface area contributed by atoms with E-state index < -0.39 is 0 Å². The van der Waals surface area contributed by atoms with Crippen molar-refractivity contribution in [3.05, 3.63) is 12.2 Å². The largest absolute Gasteiger partial charge is 0.348 e. The summed E-state index contributed by atoms with van der Waals surface area (Å²) in [6.45, 7) is 4.71. The van der Waals surface area contributed by atoms with Crippen LogP contribution in [-0.4, -0.2) is 18.5 Å². The Morgan fingerprint density at radius 2 is 2.14 bits per heavy atom. The molecule has 2 aliphatic rings. The highest BCUT2D eigenvalue weighted by atomic mass is 16.7. The lowest BCUT2D eigenvalue weighted by Gasteiger charge is -2.16. The fourth-order valence-corrected chi connectivity index (χ4v) is 1.76. The maximum absolute atomic E-state index is 5.72. The second-order valence-corrected chi connectivity index (χ2v) is 4.79. The van der Waals surface area contributed by atoms with Gasteiger partial charge in [-0.3, -0.25) is 0 Å². The first-order chi connectivity index (χ1) is 6.66.